The van der Waals surface area contributed by atoms with Crippen molar-refractivity contribution in [2.24, 2.45) is 5.92 Å². The number of piperidine rings is 2. The van der Waals surface area contributed by atoms with Crippen LogP contribution in [-0.4, -0.2) is 61.5 Å². The van der Waals surface area contributed by atoms with Gasteiger partial charge in [-0.25, -0.2) is 0 Å². The molecule has 19 heavy (non-hydrogen) atoms. The van der Waals surface area contributed by atoms with Crippen LogP contribution in [0.25, 0.3) is 0 Å². The van der Waals surface area contributed by atoms with Gasteiger partial charge in [-0.05, 0) is 64.2 Å². The number of nitrogens with one attached hydrogen (secondary N) is 1. The maximum absolute atomic E-state index is 12.2. The molecule has 1 N–H and O–H groups in total. The lowest BCUT2D eigenvalue weighted by Gasteiger charge is -2.34. The van der Waals surface area contributed by atoms with E-state index in [0.29, 0.717) is 12.5 Å². The standard InChI is InChI=1S/C15H29N3O/c1-2-16-12-14-6-10-17(11-7-14)13-15(19)18-8-4-3-5-9-18/h14,16H,2-13H2,1H3. The first kappa shape index (κ1) is 14.8. The lowest BCUT2D eigenvalue weighted by molar-refractivity contribution is -0.133. The first-order valence-electron chi connectivity index (χ1n) is 8.00. The Morgan fingerprint density at radius 2 is 1.79 bits per heavy atom. The Morgan fingerprint density at radius 3 is 2.42 bits per heavy atom. The molecule has 0 saturated carbocycles. The third kappa shape index (κ3) is 4.77. The molecular formula is C15H29N3O. The number of nitrogens with zero attached hydrogens (tertiary/aromatic N) is 2. The molecular weight excluding hydrogens is 238 g/mol. The van der Waals surface area contributed by atoms with Crippen molar-refractivity contribution in [1.29, 1.82) is 0 Å². The molecule has 1 amide bonds. The van der Waals surface area contributed by atoms with E-state index in [1.54, 1.807) is 0 Å². The number of amides is 1. The van der Waals surface area contributed by atoms with Crippen LogP contribution in [0.5, 0.6) is 0 Å². The molecule has 2 heterocycles. The Bertz CT molecular complexity index is 269. The summed E-state index contributed by atoms with van der Waals surface area (Å²) in [5.41, 5.74) is 0. The summed E-state index contributed by atoms with van der Waals surface area (Å²) < 4.78 is 0. The normalized spacial score (nSPS) is 22.7. The van der Waals surface area contributed by atoms with E-state index in [4.69, 9.17) is 0 Å². The molecule has 0 spiro atoms. The van der Waals surface area contributed by atoms with Gasteiger partial charge in [0.25, 0.3) is 0 Å². The first-order chi connectivity index (χ1) is 9.29. The van der Waals surface area contributed by atoms with Crippen LogP contribution in [-0.2, 0) is 4.79 Å². The summed E-state index contributed by atoms with van der Waals surface area (Å²) in [5.74, 6) is 1.16. The Hall–Kier alpha value is -0.610. The van der Waals surface area contributed by atoms with Crippen LogP contribution >= 0.6 is 0 Å². The highest BCUT2D eigenvalue weighted by Gasteiger charge is 2.23. The topological polar surface area (TPSA) is 35.6 Å². The molecule has 4 nitrogen and oxygen atoms in total. The third-order valence-corrected chi connectivity index (χ3v) is 4.46. The molecule has 4 heteroatoms. The average Bonchev–Trinajstić information content (AvgIpc) is 2.47. The van der Waals surface area contributed by atoms with Crippen molar-refractivity contribution >= 4 is 5.91 Å². The van der Waals surface area contributed by atoms with Crippen LogP contribution in [0.4, 0.5) is 0 Å². The van der Waals surface area contributed by atoms with Crippen LogP contribution in [0.3, 0.4) is 0 Å². The van der Waals surface area contributed by atoms with Gasteiger partial charge in [0.15, 0.2) is 0 Å². The van der Waals surface area contributed by atoms with Gasteiger partial charge in [-0.3, -0.25) is 9.69 Å². The molecule has 0 aromatic heterocycles. The maximum Gasteiger partial charge on any atom is 0.236 e. The predicted molar refractivity (Wildman–Crippen MR) is 78.1 cm³/mol. The predicted octanol–water partition coefficient (Wildman–Crippen LogP) is 1.32. The molecule has 0 aliphatic carbocycles. The van der Waals surface area contributed by atoms with E-state index >= 15 is 0 Å². The molecule has 0 aromatic carbocycles. The van der Waals surface area contributed by atoms with Crippen molar-refractivity contribution in [2.45, 2.75) is 39.0 Å². The zero-order valence-corrected chi connectivity index (χ0v) is 12.4. The second-order valence-corrected chi connectivity index (χ2v) is 5.97. The fourth-order valence-corrected chi connectivity index (χ4v) is 3.13. The molecule has 0 unspecified atom stereocenters. The molecule has 0 radical (unpaired) electrons. The van der Waals surface area contributed by atoms with Crippen LogP contribution in [0.2, 0.25) is 0 Å². The Morgan fingerprint density at radius 1 is 1.11 bits per heavy atom. The Kier molecular flexibility index (Phi) is 6.11. The van der Waals surface area contributed by atoms with Crippen LogP contribution in [0.15, 0.2) is 0 Å². The minimum Gasteiger partial charge on any atom is -0.342 e. The fraction of sp³-hybridized carbons (Fsp3) is 0.933. The van der Waals surface area contributed by atoms with Crippen molar-refractivity contribution in [2.75, 3.05) is 45.8 Å². The summed E-state index contributed by atoms with van der Waals surface area (Å²) in [4.78, 5) is 16.6. The lowest BCUT2D eigenvalue weighted by Crippen LogP contribution is -2.45. The number of carbonyl (C=O) groups excluding carboxylic acids is 1. The number of carbonyl (C=O) groups is 1. The van der Waals surface area contributed by atoms with Gasteiger partial charge in [0.1, 0.15) is 0 Å². The fourth-order valence-electron chi connectivity index (χ4n) is 3.13. The quantitative estimate of drug-likeness (QED) is 0.816. The van der Waals surface area contributed by atoms with Crippen LogP contribution in [0, 0.1) is 5.92 Å². The van der Waals surface area contributed by atoms with Crippen molar-refractivity contribution < 1.29 is 4.79 Å². The van der Waals surface area contributed by atoms with E-state index in [2.05, 4.69) is 22.0 Å². The molecule has 110 valence electrons. The second-order valence-electron chi connectivity index (χ2n) is 5.97. The van der Waals surface area contributed by atoms with E-state index in [-0.39, 0.29) is 0 Å². The van der Waals surface area contributed by atoms with Gasteiger partial charge in [-0.2, -0.15) is 0 Å². The van der Waals surface area contributed by atoms with Gasteiger partial charge in [0.2, 0.25) is 5.91 Å². The van der Waals surface area contributed by atoms with Gasteiger partial charge in [0.05, 0.1) is 6.54 Å². The summed E-state index contributed by atoms with van der Waals surface area (Å²) in [6, 6.07) is 0. The number of hydrogen-bond donors (Lipinski definition) is 1. The number of rotatable bonds is 5. The molecule has 0 aromatic rings. The summed E-state index contributed by atoms with van der Waals surface area (Å²) in [6.45, 7) is 9.16. The van der Waals surface area contributed by atoms with Crippen molar-refractivity contribution in [3.63, 3.8) is 0 Å². The summed E-state index contributed by atoms with van der Waals surface area (Å²) in [5, 5.41) is 3.43. The number of likely N-dealkylation sites (tertiary alicyclic amines) is 2. The van der Waals surface area contributed by atoms with E-state index in [9.17, 15) is 4.79 Å². The van der Waals surface area contributed by atoms with Gasteiger partial charge < -0.3 is 10.2 Å². The van der Waals surface area contributed by atoms with Crippen LogP contribution < -0.4 is 5.32 Å². The van der Waals surface area contributed by atoms with Gasteiger partial charge in [-0.15, -0.1) is 0 Å². The first-order valence-corrected chi connectivity index (χ1v) is 8.00. The zero-order chi connectivity index (χ0) is 13.5. The maximum atomic E-state index is 12.2. The third-order valence-electron chi connectivity index (χ3n) is 4.46. The minimum atomic E-state index is 0.352. The average molecular weight is 267 g/mol. The molecule has 2 saturated heterocycles. The van der Waals surface area contributed by atoms with E-state index in [1.165, 1.54) is 32.1 Å². The van der Waals surface area contributed by atoms with E-state index in [0.717, 1.165) is 45.2 Å². The van der Waals surface area contributed by atoms with Crippen molar-refractivity contribution in [3.8, 4) is 0 Å². The highest BCUT2D eigenvalue weighted by atomic mass is 16.2. The van der Waals surface area contributed by atoms with Gasteiger partial charge in [-0.1, -0.05) is 6.92 Å². The Labute approximate surface area is 117 Å². The van der Waals surface area contributed by atoms with Crippen molar-refractivity contribution in [3.05, 3.63) is 0 Å². The largest absolute Gasteiger partial charge is 0.342 e. The monoisotopic (exact) mass is 267 g/mol. The summed E-state index contributed by atoms with van der Waals surface area (Å²) in [7, 11) is 0. The van der Waals surface area contributed by atoms with E-state index in [1.807, 2.05) is 0 Å². The molecule has 2 fully saturated rings. The highest BCUT2D eigenvalue weighted by Crippen LogP contribution is 2.17. The summed E-state index contributed by atoms with van der Waals surface area (Å²) >= 11 is 0. The molecule has 2 aliphatic rings. The zero-order valence-electron chi connectivity index (χ0n) is 12.4. The molecule has 0 atom stereocenters. The second kappa shape index (κ2) is 7.85. The lowest BCUT2D eigenvalue weighted by atomic mass is 9.97. The van der Waals surface area contributed by atoms with E-state index < -0.39 is 0 Å². The van der Waals surface area contributed by atoms with Gasteiger partial charge in [0, 0.05) is 13.1 Å². The number of hydrogen-bond acceptors (Lipinski definition) is 3. The van der Waals surface area contributed by atoms with Crippen LogP contribution in [0.1, 0.15) is 39.0 Å². The molecule has 2 rings (SSSR count). The molecule has 2 aliphatic heterocycles. The van der Waals surface area contributed by atoms with Crippen molar-refractivity contribution in [1.82, 2.24) is 15.1 Å². The van der Waals surface area contributed by atoms with Gasteiger partial charge >= 0.3 is 0 Å². The smallest absolute Gasteiger partial charge is 0.236 e. The SMILES string of the molecule is CCNCC1CCN(CC(=O)N2CCCCC2)CC1. The Balaban J connectivity index is 1.65. The minimum absolute atomic E-state index is 0.352. The molecule has 0 bridgehead atoms. The summed E-state index contributed by atoms with van der Waals surface area (Å²) in [6.07, 6.45) is 6.15. The highest BCUT2D eigenvalue weighted by molar-refractivity contribution is 5.78.